The molecule has 3 aromatic rings. The van der Waals surface area contributed by atoms with Crippen LogP contribution in [0.5, 0.6) is 0 Å². The van der Waals surface area contributed by atoms with Crippen LogP contribution in [0.3, 0.4) is 0 Å². The predicted molar refractivity (Wildman–Crippen MR) is 141 cm³/mol. The number of nitriles is 1. The van der Waals surface area contributed by atoms with Gasteiger partial charge in [0.25, 0.3) is 5.91 Å². The zero-order valence-corrected chi connectivity index (χ0v) is 22.2. The maximum absolute atomic E-state index is 14.0. The van der Waals surface area contributed by atoms with E-state index in [0.717, 1.165) is 15.3 Å². The molecule has 2 atom stereocenters. The second-order valence-corrected chi connectivity index (χ2v) is 11.9. The van der Waals surface area contributed by atoms with Crippen LogP contribution in [-0.2, 0) is 14.8 Å². The Morgan fingerprint density at radius 1 is 1.05 bits per heavy atom. The lowest BCUT2D eigenvalue weighted by molar-refractivity contribution is -0.122. The molecule has 0 saturated carbocycles. The van der Waals surface area contributed by atoms with Gasteiger partial charge in [0, 0.05) is 29.1 Å². The van der Waals surface area contributed by atoms with E-state index in [1.807, 2.05) is 6.07 Å². The fourth-order valence-corrected chi connectivity index (χ4v) is 7.01. The number of benzene rings is 3. The van der Waals surface area contributed by atoms with E-state index in [9.17, 15) is 33.2 Å². The van der Waals surface area contributed by atoms with Gasteiger partial charge < -0.3 is 10.4 Å². The quantitative estimate of drug-likeness (QED) is 0.433. The van der Waals surface area contributed by atoms with Crippen molar-refractivity contribution in [2.75, 3.05) is 18.0 Å². The Morgan fingerprint density at radius 2 is 1.72 bits per heavy atom. The number of aromatic carboxylic acids is 1. The molecule has 2 N–H and O–H groups in total. The highest BCUT2D eigenvalue weighted by molar-refractivity contribution is 7.89. The summed E-state index contributed by atoms with van der Waals surface area (Å²) in [6, 6.07) is 16.6. The van der Waals surface area contributed by atoms with Crippen LogP contribution in [0, 0.1) is 11.3 Å². The first kappa shape index (κ1) is 26.6. The SMILES string of the molecule is N#Cc1ccc(C2CN(S(=O)(=O)c3cccc(C(=O)O)c3)CC23NC(=O)N(c2cc(Cl)cc(Cl)c2)C3=O)cc1. The van der Waals surface area contributed by atoms with E-state index in [0.29, 0.717) is 11.1 Å². The van der Waals surface area contributed by atoms with Crippen LogP contribution < -0.4 is 10.2 Å². The summed E-state index contributed by atoms with van der Waals surface area (Å²) in [5, 5.41) is 21.6. The minimum atomic E-state index is -4.29. The lowest BCUT2D eigenvalue weighted by Crippen LogP contribution is -2.53. The predicted octanol–water partition coefficient (Wildman–Crippen LogP) is 3.85. The Bertz CT molecular complexity index is 1670. The smallest absolute Gasteiger partial charge is 0.335 e. The van der Waals surface area contributed by atoms with Gasteiger partial charge >= 0.3 is 12.0 Å². The molecule has 1 spiro atoms. The Hall–Kier alpha value is -3.95. The molecule has 10 nitrogen and oxygen atoms in total. The number of urea groups is 1. The van der Waals surface area contributed by atoms with Gasteiger partial charge in [0.15, 0.2) is 0 Å². The van der Waals surface area contributed by atoms with Crippen molar-refractivity contribution in [2.45, 2.75) is 16.4 Å². The molecular weight excluding hydrogens is 567 g/mol. The number of sulfonamides is 1. The fraction of sp³-hybridized carbons (Fsp3) is 0.154. The van der Waals surface area contributed by atoms with Crippen molar-refractivity contribution in [3.05, 3.63) is 93.5 Å². The Balaban J connectivity index is 1.61. The van der Waals surface area contributed by atoms with Crippen LogP contribution in [0.4, 0.5) is 10.5 Å². The van der Waals surface area contributed by atoms with Gasteiger partial charge in [-0.2, -0.15) is 9.57 Å². The minimum absolute atomic E-state index is 0.112. The normalized spacial score (nSPS) is 21.3. The number of carbonyl (C=O) groups excluding carboxylic acids is 2. The lowest BCUT2D eigenvalue weighted by atomic mass is 9.81. The van der Waals surface area contributed by atoms with Crippen LogP contribution in [0.25, 0.3) is 0 Å². The zero-order valence-electron chi connectivity index (χ0n) is 19.8. The Morgan fingerprint density at radius 3 is 2.33 bits per heavy atom. The first-order valence-corrected chi connectivity index (χ1v) is 13.6. The van der Waals surface area contributed by atoms with Crippen molar-refractivity contribution < 1.29 is 27.9 Å². The molecule has 13 heteroatoms. The average molecular weight is 585 g/mol. The highest BCUT2D eigenvalue weighted by Gasteiger charge is 2.62. The van der Waals surface area contributed by atoms with Gasteiger partial charge in [-0.3, -0.25) is 4.79 Å². The molecule has 198 valence electrons. The summed E-state index contributed by atoms with van der Waals surface area (Å²) in [5.41, 5.74) is -0.940. The van der Waals surface area contributed by atoms with E-state index < -0.39 is 45.9 Å². The second kappa shape index (κ2) is 9.66. The monoisotopic (exact) mass is 584 g/mol. The first-order valence-electron chi connectivity index (χ1n) is 11.4. The Labute approximate surface area is 233 Å². The number of anilines is 1. The van der Waals surface area contributed by atoms with E-state index in [2.05, 4.69) is 5.32 Å². The van der Waals surface area contributed by atoms with Gasteiger partial charge in [0.05, 0.1) is 27.8 Å². The number of carboxylic acid groups (broad SMARTS) is 1. The molecule has 0 aliphatic carbocycles. The molecule has 2 unspecified atom stereocenters. The summed E-state index contributed by atoms with van der Waals surface area (Å²) in [6.45, 7) is -0.631. The fourth-order valence-electron chi connectivity index (χ4n) is 4.95. The molecule has 3 aromatic carbocycles. The van der Waals surface area contributed by atoms with Gasteiger partial charge in [-0.1, -0.05) is 41.4 Å². The van der Waals surface area contributed by atoms with E-state index in [1.54, 1.807) is 12.1 Å². The maximum Gasteiger partial charge on any atom is 0.335 e. The molecule has 2 saturated heterocycles. The number of amides is 3. The molecule has 5 rings (SSSR count). The van der Waals surface area contributed by atoms with Crippen molar-refractivity contribution in [2.24, 2.45) is 0 Å². The summed E-state index contributed by atoms with van der Waals surface area (Å²) in [5.74, 6) is -2.86. The molecule has 2 heterocycles. The number of hydrogen-bond donors (Lipinski definition) is 2. The van der Waals surface area contributed by atoms with Crippen molar-refractivity contribution in [3.63, 3.8) is 0 Å². The zero-order chi connectivity index (χ0) is 28.1. The third-order valence-corrected chi connectivity index (χ3v) is 9.04. The van der Waals surface area contributed by atoms with E-state index >= 15 is 0 Å². The van der Waals surface area contributed by atoms with Gasteiger partial charge in [0.1, 0.15) is 5.54 Å². The van der Waals surface area contributed by atoms with Gasteiger partial charge in [-0.25, -0.2) is 22.9 Å². The van der Waals surface area contributed by atoms with Crippen molar-refractivity contribution in [3.8, 4) is 6.07 Å². The maximum atomic E-state index is 14.0. The Kier molecular flexibility index (Phi) is 6.60. The summed E-state index contributed by atoms with van der Waals surface area (Å²) in [7, 11) is -4.29. The number of hydrogen-bond acceptors (Lipinski definition) is 6. The molecule has 3 amide bonds. The van der Waals surface area contributed by atoms with E-state index in [-0.39, 0.29) is 32.7 Å². The van der Waals surface area contributed by atoms with Crippen LogP contribution in [-0.4, -0.2) is 54.4 Å². The number of nitrogens with zero attached hydrogens (tertiary/aromatic N) is 3. The third kappa shape index (κ3) is 4.51. The number of halogens is 2. The van der Waals surface area contributed by atoms with Crippen LogP contribution in [0.2, 0.25) is 10.0 Å². The van der Waals surface area contributed by atoms with Crippen molar-refractivity contribution in [1.29, 1.82) is 5.26 Å². The van der Waals surface area contributed by atoms with Crippen LogP contribution in [0.1, 0.15) is 27.4 Å². The topological polar surface area (TPSA) is 148 Å². The van der Waals surface area contributed by atoms with Gasteiger partial charge in [-0.15, -0.1) is 0 Å². The van der Waals surface area contributed by atoms with Gasteiger partial charge in [0.2, 0.25) is 10.0 Å². The van der Waals surface area contributed by atoms with E-state index in [1.165, 1.54) is 48.5 Å². The number of carbonyl (C=O) groups is 3. The molecule has 2 aliphatic rings. The van der Waals surface area contributed by atoms with Crippen molar-refractivity contribution in [1.82, 2.24) is 9.62 Å². The number of nitrogens with one attached hydrogen (secondary N) is 1. The molecular formula is C26H18Cl2N4O6S. The standard InChI is InChI=1S/C26H18Cl2N4O6S/c27-18-9-19(28)11-20(10-18)32-24(35)26(30-25(32)36)14-31(13-22(26)16-6-4-15(12-29)5-7-16)39(37,38)21-3-1-2-17(8-21)23(33)34/h1-11,22H,13-14H2,(H,30,36)(H,33,34). The summed E-state index contributed by atoms with van der Waals surface area (Å²) in [4.78, 5) is 39.3. The average Bonchev–Trinajstić information content (AvgIpc) is 3.40. The van der Waals surface area contributed by atoms with Crippen molar-refractivity contribution >= 4 is 56.8 Å². The largest absolute Gasteiger partial charge is 0.478 e. The molecule has 39 heavy (non-hydrogen) atoms. The molecule has 0 radical (unpaired) electrons. The second-order valence-electron chi connectivity index (χ2n) is 9.09. The minimum Gasteiger partial charge on any atom is -0.478 e. The number of imide groups is 1. The molecule has 0 bridgehead atoms. The highest BCUT2D eigenvalue weighted by atomic mass is 35.5. The van der Waals surface area contributed by atoms with Gasteiger partial charge in [-0.05, 0) is 54.1 Å². The summed E-state index contributed by atoms with van der Waals surface area (Å²) >= 11 is 12.2. The molecule has 2 fully saturated rings. The van der Waals surface area contributed by atoms with Crippen LogP contribution >= 0.6 is 23.2 Å². The summed E-state index contributed by atoms with van der Waals surface area (Å²) in [6.07, 6.45) is 0. The molecule has 0 aromatic heterocycles. The first-order chi connectivity index (χ1) is 18.5. The highest BCUT2D eigenvalue weighted by Crippen LogP contribution is 2.44. The lowest BCUT2D eigenvalue weighted by Gasteiger charge is -2.28. The molecule has 2 aliphatic heterocycles. The summed E-state index contributed by atoms with van der Waals surface area (Å²) < 4.78 is 28.4. The third-order valence-electron chi connectivity index (χ3n) is 6.79. The number of carboxylic acids is 1. The van der Waals surface area contributed by atoms with E-state index in [4.69, 9.17) is 23.2 Å². The van der Waals surface area contributed by atoms with Crippen LogP contribution in [0.15, 0.2) is 71.6 Å². The number of rotatable bonds is 5.